The number of hydrogen-bond donors (Lipinski definition) is 1. The Kier molecular flexibility index (Phi) is 11.2. The normalized spacial score (nSPS) is 18.3. The van der Waals surface area contributed by atoms with Crippen molar-refractivity contribution in [2.75, 3.05) is 66.3 Å². The SMILES string of the molecule is COCCOCCOCCNCC(C)N1CCCCC1. The lowest BCUT2D eigenvalue weighted by Crippen LogP contribution is -2.43. The van der Waals surface area contributed by atoms with Crippen LogP contribution in [0.3, 0.4) is 0 Å². The molecule has 1 heterocycles. The highest BCUT2D eigenvalue weighted by atomic mass is 16.5. The third-order valence-corrected chi connectivity index (χ3v) is 3.68. The van der Waals surface area contributed by atoms with Crippen molar-refractivity contribution in [1.82, 2.24) is 10.2 Å². The summed E-state index contributed by atoms with van der Waals surface area (Å²) in [5, 5.41) is 3.47. The van der Waals surface area contributed by atoms with Crippen LogP contribution in [0.1, 0.15) is 26.2 Å². The summed E-state index contributed by atoms with van der Waals surface area (Å²) in [4.78, 5) is 2.58. The molecule has 0 saturated carbocycles. The van der Waals surface area contributed by atoms with Crippen molar-refractivity contribution < 1.29 is 14.2 Å². The number of likely N-dealkylation sites (tertiary alicyclic amines) is 1. The minimum absolute atomic E-state index is 0.632. The molecule has 0 aromatic heterocycles. The molecule has 20 heavy (non-hydrogen) atoms. The van der Waals surface area contributed by atoms with Crippen LogP contribution in [0.25, 0.3) is 0 Å². The zero-order chi connectivity index (χ0) is 14.5. The maximum atomic E-state index is 5.50. The summed E-state index contributed by atoms with van der Waals surface area (Å²) in [6.45, 7) is 10.1. The van der Waals surface area contributed by atoms with Crippen LogP contribution in [0.15, 0.2) is 0 Å². The Hall–Kier alpha value is -0.200. The Bertz CT molecular complexity index is 211. The molecule has 1 rings (SSSR count). The molecule has 0 spiro atoms. The Morgan fingerprint density at radius 3 is 2.30 bits per heavy atom. The maximum Gasteiger partial charge on any atom is 0.0701 e. The van der Waals surface area contributed by atoms with Gasteiger partial charge in [0.05, 0.1) is 33.0 Å². The van der Waals surface area contributed by atoms with Crippen molar-refractivity contribution in [2.45, 2.75) is 32.2 Å². The maximum absolute atomic E-state index is 5.50. The summed E-state index contributed by atoms with van der Waals surface area (Å²) in [5.74, 6) is 0. The van der Waals surface area contributed by atoms with E-state index in [2.05, 4.69) is 17.1 Å². The number of rotatable bonds is 12. The number of ether oxygens (including phenoxy) is 3. The van der Waals surface area contributed by atoms with Crippen LogP contribution in [0, 0.1) is 0 Å². The highest BCUT2D eigenvalue weighted by Gasteiger charge is 2.15. The van der Waals surface area contributed by atoms with E-state index in [0.717, 1.165) is 19.7 Å². The van der Waals surface area contributed by atoms with E-state index in [9.17, 15) is 0 Å². The third-order valence-electron chi connectivity index (χ3n) is 3.68. The Balaban J connectivity index is 1.82. The lowest BCUT2D eigenvalue weighted by molar-refractivity contribution is 0.0253. The van der Waals surface area contributed by atoms with E-state index >= 15 is 0 Å². The van der Waals surface area contributed by atoms with Gasteiger partial charge < -0.3 is 19.5 Å². The first-order chi connectivity index (χ1) is 9.84. The number of methoxy groups -OCH3 is 1. The fraction of sp³-hybridized carbons (Fsp3) is 1.00. The molecule has 120 valence electrons. The molecule has 0 aliphatic carbocycles. The quantitative estimate of drug-likeness (QED) is 0.545. The first kappa shape index (κ1) is 17.9. The molecule has 1 N–H and O–H groups in total. The van der Waals surface area contributed by atoms with Gasteiger partial charge in [-0.1, -0.05) is 6.42 Å². The van der Waals surface area contributed by atoms with Gasteiger partial charge in [0.2, 0.25) is 0 Å². The highest BCUT2D eigenvalue weighted by molar-refractivity contribution is 4.72. The first-order valence-electron chi connectivity index (χ1n) is 7.93. The number of nitrogens with zero attached hydrogens (tertiary/aromatic N) is 1. The molecule has 1 aliphatic rings. The predicted octanol–water partition coefficient (Wildman–Crippen LogP) is 1.13. The zero-order valence-corrected chi connectivity index (χ0v) is 13.2. The smallest absolute Gasteiger partial charge is 0.0701 e. The van der Waals surface area contributed by atoms with Gasteiger partial charge in [0.15, 0.2) is 0 Å². The van der Waals surface area contributed by atoms with Crippen molar-refractivity contribution in [3.63, 3.8) is 0 Å². The average Bonchev–Trinajstić information content (AvgIpc) is 2.50. The van der Waals surface area contributed by atoms with Gasteiger partial charge in [-0.2, -0.15) is 0 Å². The lowest BCUT2D eigenvalue weighted by atomic mass is 10.1. The van der Waals surface area contributed by atoms with E-state index in [1.807, 2.05) is 0 Å². The van der Waals surface area contributed by atoms with Crippen molar-refractivity contribution in [1.29, 1.82) is 0 Å². The van der Waals surface area contributed by atoms with Crippen LogP contribution in [-0.2, 0) is 14.2 Å². The molecule has 5 heteroatoms. The molecule has 1 fully saturated rings. The standard InChI is InChI=1S/C15H32N2O3/c1-15(17-7-4-3-5-8-17)14-16-6-9-19-12-13-20-11-10-18-2/h15-16H,3-14H2,1-2H3. The molecule has 1 atom stereocenters. The summed E-state index contributed by atoms with van der Waals surface area (Å²) >= 11 is 0. The highest BCUT2D eigenvalue weighted by Crippen LogP contribution is 2.11. The number of piperidine rings is 1. The molecular weight excluding hydrogens is 256 g/mol. The number of hydrogen-bond acceptors (Lipinski definition) is 5. The second kappa shape index (κ2) is 12.5. The van der Waals surface area contributed by atoms with Crippen LogP contribution in [0.2, 0.25) is 0 Å². The van der Waals surface area contributed by atoms with E-state index in [-0.39, 0.29) is 0 Å². The second-order valence-corrected chi connectivity index (χ2v) is 5.37. The van der Waals surface area contributed by atoms with Crippen LogP contribution >= 0.6 is 0 Å². The molecule has 0 radical (unpaired) electrons. The van der Waals surface area contributed by atoms with E-state index in [0.29, 0.717) is 32.5 Å². The third kappa shape index (κ3) is 8.87. The first-order valence-corrected chi connectivity index (χ1v) is 7.93. The van der Waals surface area contributed by atoms with E-state index in [1.54, 1.807) is 7.11 Å². The molecule has 0 aromatic rings. The summed E-state index contributed by atoms with van der Waals surface area (Å²) in [7, 11) is 1.68. The van der Waals surface area contributed by atoms with Gasteiger partial charge in [0.25, 0.3) is 0 Å². The van der Waals surface area contributed by atoms with Gasteiger partial charge in [0.1, 0.15) is 0 Å². The minimum Gasteiger partial charge on any atom is -0.382 e. The van der Waals surface area contributed by atoms with Crippen molar-refractivity contribution in [3.05, 3.63) is 0 Å². The molecule has 5 nitrogen and oxygen atoms in total. The Morgan fingerprint density at radius 1 is 0.950 bits per heavy atom. The van der Waals surface area contributed by atoms with Crippen molar-refractivity contribution in [2.24, 2.45) is 0 Å². The molecule has 1 unspecified atom stereocenters. The van der Waals surface area contributed by atoms with E-state index < -0.39 is 0 Å². The van der Waals surface area contributed by atoms with Crippen molar-refractivity contribution in [3.8, 4) is 0 Å². The fourth-order valence-corrected chi connectivity index (χ4v) is 2.41. The molecular formula is C15H32N2O3. The molecule has 0 amide bonds. The van der Waals surface area contributed by atoms with Crippen LogP contribution in [0.4, 0.5) is 0 Å². The van der Waals surface area contributed by atoms with E-state index in [4.69, 9.17) is 14.2 Å². The molecule has 1 aliphatic heterocycles. The fourth-order valence-electron chi connectivity index (χ4n) is 2.41. The van der Waals surface area contributed by atoms with Gasteiger partial charge in [-0.15, -0.1) is 0 Å². The van der Waals surface area contributed by atoms with Gasteiger partial charge in [-0.3, -0.25) is 4.90 Å². The van der Waals surface area contributed by atoms with E-state index in [1.165, 1.54) is 32.4 Å². The van der Waals surface area contributed by atoms with Gasteiger partial charge in [0, 0.05) is 26.2 Å². The molecule has 1 saturated heterocycles. The van der Waals surface area contributed by atoms with Crippen molar-refractivity contribution >= 4 is 0 Å². The largest absolute Gasteiger partial charge is 0.382 e. The summed E-state index contributed by atoms with van der Waals surface area (Å²) in [6, 6.07) is 0.632. The minimum atomic E-state index is 0.632. The lowest BCUT2D eigenvalue weighted by Gasteiger charge is -2.32. The topological polar surface area (TPSA) is 43.0 Å². The molecule has 0 bridgehead atoms. The zero-order valence-electron chi connectivity index (χ0n) is 13.2. The van der Waals surface area contributed by atoms with Gasteiger partial charge in [-0.05, 0) is 32.9 Å². The Labute approximate surface area is 123 Å². The summed E-state index contributed by atoms with van der Waals surface area (Å²) in [6.07, 6.45) is 4.12. The van der Waals surface area contributed by atoms with Crippen LogP contribution in [-0.4, -0.2) is 77.3 Å². The predicted molar refractivity (Wildman–Crippen MR) is 81.3 cm³/mol. The van der Waals surface area contributed by atoms with Crippen LogP contribution < -0.4 is 5.32 Å². The van der Waals surface area contributed by atoms with Gasteiger partial charge in [-0.25, -0.2) is 0 Å². The van der Waals surface area contributed by atoms with Gasteiger partial charge >= 0.3 is 0 Å². The Morgan fingerprint density at radius 2 is 1.60 bits per heavy atom. The second-order valence-electron chi connectivity index (χ2n) is 5.37. The summed E-state index contributed by atoms with van der Waals surface area (Å²) in [5.41, 5.74) is 0. The monoisotopic (exact) mass is 288 g/mol. The average molecular weight is 288 g/mol. The number of nitrogens with one attached hydrogen (secondary N) is 1. The van der Waals surface area contributed by atoms with Crippen LogP contribution in [0.5, 0.6) is 0 Å². The molecule has 0 aromatic carbocycles. The summed E-state index contributed by atoms with van der Waals surface area (Å²) < 4.78 is 15.7.